The Morgan fingerprint density at radius 1 is 1.24 bits per heavy atom. The van der Waals surface area contributed by atoms with Gasteiger partial charge >= 0.3 is 5.97 Å². The predicted molar refractivity (Wildman–Crippen MR) is 136 cm³/mol. The van der Waals surface area contributed by atoms with Crippen molar-refractivity contribution in [1.82, 2.24) is 15.5 Å². The summed E-state index contributed by atoms with van der Waals surface area (Å²) in [4.78, 5) is 39.5. The Balaban J connectivity index is 1.89. The molecule has 0 aliphatic carbocycles. The number of carbonyl (C=O) groups excluding carboxylic acids is 2. The van der Waals surface area contributed by atoms with Gasteiger partial charge in [-0.1, -0.05) is 42.5 Å². The van der Waals surface area contributed by atoms with Gasteiger partial charge in [-0.15, -0.1) is 0 Å². The van der Waals surface area contributed by atoms with Crippen molar-refractivity contribution in [3.05, 3.63) is 48.0 Å². The highest BCUT2D eigenvalue weighted by Crippen LogP contribution is 2.23. The number of ketones is 1. The Hall–Kier alpha value is -2.46. The molecule has 1 aliphatic rings. The molecule has 0 radical (unpaired) electrons. The van der Waals surface area contributed by atoms with E-state index in [-0.39, 0.29) is 24.9 Å². The molecule has 1 heterocycles. The highest BCUT2D eigenvalue weighted by Gasteiger charge is 2.36. The maximum atomic E-state index is 13.0. The molecule has 3 rings (SSSR count). The fourth-order valence-corrected chi connectivity index (χ4v) is 5.07. The summed E-state index contributed by atoms with van der Waals surface area (Å²) in [5.41, 5.74) is 6.78. The van der Waals surface area contributed by atoms with Gasteiger partial charge in [-0.2, -0.15) is 11.8 Å². The van der Waals surface area contributed by atoms with Crippen molar-refractivity contribution in [2.75, 3.05) is 31.6 Å². The van der Waals surface area contributed by atoms with Crippen LogP contribution in [-0.4, -0.2) is 77.4 Å². The maximum Gasteiger partial charge on any atom is 0.326 e. The Morgan fingerprint density at radius 3 is 2.68 bits per heavy atom. The fourth-order valence-electron chi connectivity index (χ4n) is 4.60. The molecule has 3 atom stereocenters. The molecular formula is C25H34N4O4S. The van der Waals surface area contributed by atoms with E-state index in [4.69, 9.17) is 5.73 Å². The first-order valence-electron chi connectivity index (χ1n) is 11.6. The minimum atomic E-state index is -1.06. The summed E-state index contributed by atoms with van der Waals surface area (Å²) in [7, 11) is 0. The van der Waals surface area contributed by atoms with Crippen LogP contribution in [0.5, 0.6) is 0 Å². The summed E-state index contributed by atoms with van der Waals surface area (Å²) >= 11 is 1.53. The number of hydrogen-bond donors (Lipinski definition) is 4. The summed E-state index contributed by atoms with van der Waals surface area (Å²) in [5.74, 6) is -0.988. The van der Waals surface area contributed by atoms with Crippen molar-refractivity contribution in [3.63, 3.8) is 0 Å². The predicted octanol–water partition coefficient (Wildman–Crippen LogP) is 1.61. The van der Waals surface area contributed by atoms with Crippen LogP contribution in [0.4, 0.5) is 0 Å². The van der Waals surface area contributed by atoms with E-state index in [1.165, 1.54) is 11.8 Å². The quantitative estimate of drug-likeness (QED) is 0.337. The first-order valence-corrected chi connectivity index (χ1v) is 13.0. The third-order valence-electron chi connectivity index (χ3n) is 6.25. The summed E-state index contributed by atoms with van der Waals surface area (Å²) in [6, 6.07) is 12.3. The monoisotopic (exact) mass is 486 g/mol. The lowest BCUT2D eigenvalue weighted by molar-refractivity contribution is -0.142. The van der Waals surface area contributed by atoms with Crippen molar-refractivity contribution >= 4 is 40.2 Å². The minimum absolute atomic E-state index is 0.0964. The molecule has 5 N–H and O–H groups in total. The van der Waals surface area contributed by atoms with E-state index in [1.54, 1.807) is 0 Å². The zero-order valence-corrected chi connectivity index (χ0v) is 20.4. The van der Waals surface area contributed by atoms with E-state index < -0.39 is 24.0 Å². The van der Waals surface area contributed by atoms with Crippen molar-refractivity contribution in [2.45, 2.75) is 43.9 Å². The fraction of sp³-hybridized carbons (Fsp3) is 0.480. The highest BCUT2D eigenvalue weighted by molar-refractivity contribution is 7.98. The Kier molecular flexibility index (Phi) is 9.88. The third-order valence-corrected chi connectivity index (χ3v) is 6.89. The molecule has 2 aromatic carbocycles. The molecule has 1 fully saturated rings. The molecule has 1 unspecified atom stereocenters. The van der Waals surface area contributed by atoms with Gasteiger partial charge in [-0.05, 0) is 54.2 Å². The maximum absolute atomic E-state index is 13.0. The molecule has 184 valence electrons. The summed E-state index contributed by atoms with van der Waals surface area (Å²) < 4.78 is 0. The average Bonchev–Trinajstić information content (AvgIpc) is 3.36. The lowest BCUT2D eigenvalue weighted by Crippen LogP contribution is -2.56. The van der Waals surface area contributed by atoms with Crippen molar-refractivity contribution < 1.29 is 19.5 Å². The SMILES string of the molecule is CSCC[C@H](NC(=O)CN(Cc1cccc2ccccc12)C(C(=O)CN)[C@@H]1CCCN1)C(=O)O. The van der Waals surface area contributed by atoms with Gasteiger partial charge in [0.05, 0.1) is 19.1 Å². The van der Waals surface area contributed by atoms with Gasteiger partial charge in [-0.25, -0.2) is 4.79 Å². The summed E-state index contributed by atoms with van der Waals surface area (Å²) in [6.07, 6.45) is 3.99. The third kappa shape index (κ3) is 6.79. The van der Waals surface area contributed by atoms with Crippen molar-refractivity contribution in [2.24, 2.45) is 5.73 Å². The molecule has 1 aliphatic heterocycles. The number of amides is 1. The number of Topliss-reactive ketones (excluding diaryl/α,β-unsaturated/α-hetero) is 1. The molecule has 1 amide bonds. The van der Waals surface area contributed by atoms with Gasteiger partial charge in [0.15, 0.2) is 5.78 Å². The molecule has 0 bridgehead atoms. The molecule has 0 spiro atoms. The Morgan fingerprint density at radius 2 is 2.00 bits per heavy atom. The average molecular weight is 487 g/mol. The van der Waals surface area contributed by atoms with Gasteiger partial charge in [0.1, 0.15) is 6.04 Å². The second kappa shape index (κ2) is 12.9. The van der Waals surface area contributed by atoms with Crippen LogP contribution in [0.1, 0.15) is 24.8 Å². The largest absolute Gasteiger partial charge is 0.480 e. The van der Waals surface area contributed by atoms with Gasteiger partial charge in [0, 0.05) is 12.6 Å². The molecule has 0 aromatic heterocycles. The van der Waals surface area contributed by atoms with Crippen LogP contribution in [0.2, 0.25) is 0 Å². The number of thioether (sulfide) groups is 1. The number of aliphatic carboxylic acids is 1. The van der Waals surface area contributed by atoms with Gasteiger partial charge in [0.2, 0.25) is 5.91 Å². The number of rotatable bonds is 13. The molecule has 9 heteroatoms. The van der Waals surface area contributed by atoms with E-state index in [0.717, 1.165) is 35.7 Å². The number of carbonyl (C=O) groups is 3. The lowest BCUT2D eigenvalue weighted by atomic mass is 9.97. The number of benzene rings is 2. The first-order chi connectivity index (χ1) is 16.4. The Labute approximate surface area is 204 Å². The normalized spacial score (nSPS) is 17.6. The van der Waals surface area contributed by atoms with Crippen LogP contribution >= 0.6 is 11.8 Å². The first kappa shape index (κ1) is 26.2. The van der Waals surface area contributed by atoms with Crippen molar-refractivity contribution in [3.8, 4) is 0 Å². The Bertz CT molecular complexity index is 991. The van der Waals surface area contributed by atoms with Crippen LogP contribution in [0.15, 0.2) is 42.5 Å². The topological polar surface area (TPSA) is 125 Å². The minimum Gasteiger partial charge on any atom is -0.480 e. The number of nitrogens with one attached hydrogen (secondary N) is 2. The zero-order valence-electron chi connectivity index (χ0n) is 19.5. The van der Waals surface area contributed by atoms with E-state index in [0.29, 0.717) is 18.7 Å². The molecule has 0 saturated carbocycles. The number of carboxylic acids is 1. The number of carboxylic acid groups (broad SMARTS) is 1. The molecule has 1 saturated heterocycles. The van der Waals surface area contributed by atoms with E-state index >= 15 is 0 Å². The van der Waals surface area contributed by atoms with Gasteiger partial charge < -0.3 is 21.5 Å². The lowest BCUT2D eigenvalue weighted by Gasteiger charge is -2.34. The number of hydrogen-bond acceptors (Lipinski definition) is 7. The standard InChI is InChI=1S/C25H34N4O4S/c1-34-13-11-21(25(32)33)28-23(31)16-29(24(22(30)14-26)20-10-5-12-27-20)15-18-8-4-7-17-6-2-3-9-19(17)18/h2-4,6-9,20-21,24,27H,5,10-16,26H2,1H3,(H,28,31)(H,32,33)/t20-,21-,24?/m0/s1. The zero-order chi connectivity index (χ0) is 24.5. The van der Waals surface area contributed by atoms with Crippen LogP contribution in [0, 0.1) is 0 Å². The van der Waals surface area contributed by atoms with E-state index in [9.17, 15) is 19.5 Å². The second-order valence-electron chi connectivity index (χ2n) is 8.60. The van der Waals surface area contributed by atoms with Crippen LogP contribution in [0.3, 0.4) is 0 Å². The summed E-state index contributed by atoms with van der Waals surface area (Å²) in [5, 5.41) is 17.7. The molecular weight excluding hydrogens is 452 g/mol. The molecule has 8 nitrogen and oxygen atoms in total. The molecule has 2 aromatic rings. The highest BCUT2D eigenvalue weighted by atomic mass is 32.2. The number of nitrogens with zero attached hydrogens (tertiary/aromatic N) is 1. The van der Waals surface area contributed by atoms with E-state index in [1.807, 2.05) is 53.6 Å². The van der Waals surface area contributed by atoms with Crippen LogP contribution in [-0.2, 0) is 20.9 Å². The van der Waals surface area contributed by atoms with Gasteiger partial charge in [0.25, 0.3) is 0 Å². The van der Waals surface area contributed by atoms with Crippen LogP contribution < -0.4 is 16.4 Å². The molecule has 34 heavy (non-hydrogen) atoms. The van der Waals surface area contributed by atoms with E-state index in [2.05, 4.69) is 10.6 Å². The number of nitrogens with two attached hydrogens (primary N) is 1. The number of fused-ring (bicyclic) bond motifs is 1. The summed E-state index contributed by atoms with van der Waals surface area (Å²) in [6.45, 7) is 0.956. The van der Waals surface area contributed by atoms with Gasteiger partial charge in [-0.3, -0.25) is 14.5 Å². The smallest absolute Gasteiger partial charge is 0.326 e. The van der Waals surface area contributed by atoms with Crippen LogP contribution in [0.25, 0.3) is 10.8 Å². The second-order valence-corrected chi connectivity index (χ2v) is 9.59. The van der Waals surface area contributed by atoms with Crippen molar-refractivity contribution in [1.29, 1.82) is 0 Å².